The zero-order valence-corrected chi connectivity index (χ0v) is 18.9. The monoisotopic (exact) mass is 385 g/mol. The molecule has 0 saturated carbocycles. The van der Waals surface area contributed by atoms with E-state index in [1.165, 1.54) is 28.2 Å². The van der Waals surface area contributed by atoms with Crippen LogP contribution in [-0.2, 0) is 10.8 Å². The Bertz CT molecular complexity index is 895. The first-order valence-electron chi connectivity index (χ1n) is 10.8. The van der Waals surface area contributed by atoms with Gasteiger partial charge in [0, 0.05) is 17.1 Å². The molecule has 3 aromatic carbocycles. The van der Waals surface area contributed by atoms with Gasteiger partial charge in [0.15, 0.2) is 0 Å². The summed E-state index contributed by atoms with van der Waals surface area (Å²) < 4.78 is 0. The summed E-state index contributed by atoms with van der Waals surface area (Å²) in [5.74, 6) is 0. The number of nitrogens with zero attached hydrogens (tertiary/aromatic N) is 1. The fourth-order valence-electron chi connectivity index (χ4n) is 3.81. The Hall–Kier alpha value is -2.54. The van der Waals surface area contributed by atoms with Gasteiger partial charge in [-0.1, -0.05) is 84.0 Å². The van der Waals surface area contributed by atoms with Gasteiger partial charge in [0.05, 0.1) is 0 Å². The maximum absolute atomic E-state index is 2.36. The van der Waals surface area contributed by atoms with Gasteiger partial charge in [-0.15, -0.1) is 0 Å². The van der Waals surface area contributed by atoms with Crippen LogP contribution in [0.4, 0.5) is 17.1 Å². The Balaban J connectivity index is 2.04. The fourth-order valence-corrected chi connectivity index (χ4v) is 3.81. The van der Waals surface area contributed by atoms with Crippen molar-refractivity contribution in [2.24, 2.45) is 0 Å². The molecular formula is C28H35N. The van der Waals surface area contributed by atoms with Crippen molar-refractivity contribution in [2.75, 3.05) is 4.90 Å². The smallest absolute Gasteiger partial charge is 0.0461 e. The van der Waals surface area contributed by atoms with Crippen molar-refractivity contribution in [2.45, 2.75) is 65.2 Å². The summed E-state index contributed by atoms with van der Waals surface area (Å²) in [4.78, 5) is 2.34. The summed E-state index contributed by atoms with van der Waals surface area (Å²) in [6.07, 6.45) is 2.30. The summed E-state index contributed by atoms with van der Waals surface area (Å²) in [5, 5.41) is 0. The Kier molecular flexibility index (Phi) is 6.17. The molecule has 0 aliphatic rings. The summed E-state index contributed by atoms with van der Waals surface area (Å²) in [6.45, 7) is 13.7. The summed E-state index contributed by atoms with van der Waals surface area (Å²) in [6, 6.07) is 28.8. The topological polar surface area (TPSA) is 3.24 Å². The van der Waals surface area contributed by atoms with Gasteiger partial charge >= 0.3 is 0 Å². The second-order valence-corrected chi connectivity index (χ2v) is 9.28. The zero-order valence-electron chi connectivity index (χ0n) is 18.9. The normalized spacial score (nSPS) is 12.1. The molecule has 0 saturated heterocycles. The first kappa shape index (κ1) is 21.2. The minimum atomic E-state index is 0.155. The Morgan fingerprint density at radius 3 is 1.38 bits per heavy atom. The summed E-state index contributed by atoms with van der Waals surface area (Å²) in [7, 11) is 0. The zero-order chi connectivity index (χ0) is 21.1. The van der Waals surface area contributed by atoms with Crippen LogP contribution in [0.25, 0.3) is 0 Å². The number of hydrogen-bond acceptors (Lipinski definition) is 1. The van der Waals surface area contributed by atoms with Gasteiger partial charge in [0.1, 0.15) is 0 Å². The Labute approximate surface area is 177 Å². The average molecular weight is 386 g/mol. The van der Waals surface area contributed by atoms with Crippen LogP contribution in [0.1, 0.15) is 65.5 Å². The van der Waals surface area contributed by atoms with E-state index in [0.29, 0.717) is 0 Å². The molecule has 0 amide bonds. The third-order valence-electron chi connectivity index (χ3n) is 6.39. The fraction of sp³-hybridized carbons (Fsp3) is 0.357. The van der Waals surface area contributed by atoms with Gasteiger partial charge in [-0.3, -0.25) is 0 Å². The van der Waals surface area contributed by atoms with E-state index in [1.807, 2.05) is 0 Å². The van der Waals surface area contributed by atoms with E-state index in [-0.39, 0.29) is 10.8 Å². The lowest BCUT2D eigenvalue weighted by molar-refractivity contribution is 0.439. The Morgan fingerprint density at radius 2 is 0.966 bits per heavy atom. The van der Waals surface area contributed by atoms with E-state index in [2.05, 4.69) is 125 Å². The third-order valence-corrected chi connectivity index (χ3v) is 6.39. The van der Waals surface area contributed by atoms with E-state index in [1.54, 1.807) is 0 Å². The molecule has 0 aliphatic heterocycles. The molecule has 1 nitrogen and oxygen atoms in total. The minimum absolute atomic E-state index is 0.155. The first-order chi connectivity index (χ1) is 13.8. The minimum Gasteiger partial charge on any atom is -0.311 e. The summed E-state index contributed by atoms with van der Waals surface area (Å²) >= 11 is 0. The SMILES string of the molecule is CCC(C)(CC)c1ccc(N(c2ccccc2)c2ccc(C(C)(C)C)cc2)cc1. The van der Waals surface area contributed by atoms with Crippen LogP contribution in [0, 0.1) is 0 Å². The van der Waals surface area contributed by atoms with Crippen molar-refractivity contribution in [3.63, 3.8) is 0 Å². The van der Waals surface area contributed by atoms with E-state index in [4.69, 9.17) is 0 Å². The number of anilines is 3. The number of hydrogen-bond donors (Lipinski definition) is 0. The van der Waals surface area contributed by atoms with Crippen LogP contribution in [-0.4, -0.2) is 0 Å². The average Bonchev–Trinajstić information content (AvgIpc) is 2.74. The maximum atomic E-state index is 2.36. The van der Waals surface area contributed by atoms with E-state index >= 15 is 0 Å². The molecule has 3 aromatic rings. The number of benzene rings is 3. The standard InChI is InChI=1S/C28H35N/c1-7-28(6,8-2)23-16-20-26(21-17-23)29(24-12-10-9-11-13-24)25-18-14-22(15-19-25)27(3,4)5/h9-21H,7-8H2,1-6H3. The molecule has 0 aliphatic carbocycles. The molecule has 0 radical (unpaired) electrons. The molecule has 3 rings (SSSR count). The lowest BCUT2D eigenvalue weighted by Crippen LogP contribution is -2.19. The van der Waals surface area contributed by atoms with Crippen molar-refractivity contribution in [3.05, 3.63) is 90.0 Å². The van der Waals surface area contributed by atoms with Crippen molar-refractivity contribution in [1.29, 1.82) is 0 Å². The van der Waals surface area contributed by atoms with Gasteiger partial charge in [-0.2, -0.15) is 0 Å². The van der Waals surface area contributed by atoms with Crippen LogP contribution < -0.4 is 4.90 Å². The quantitative estimate of drug-likeness (QED) is 0.411. The van der Waals surface area contributed by atoms with Crippen LogP contribution in [0.3, 0.4) is 0 Å². The van der Waals surface area contributed by atoms with Crippen molar-refractivity contribution >= 4 is 17.1 Å². The predicted molar refractivity (Wildman–Crippen MR) is 128 cm³/mol. The maximum Gasteiger partial charge on any atom is 0.0461 e. The van der Waals surface area contributed by atoms with Crippen LogP contribution in [0.5, 0.6) is 0 Å². The van der Waals surface area contributed by atoms with E-state index in [9.17, 15) is 0 Å². The van der Waals surface area contributed by atoms with Gasteiger partial charge in [-0.25, -0.2) is 0 Å². The second-order valence-electron chi connectivity index (χ2n) is 9.28. The molecule has 0 fully saturated rings. The van der Waals surface area contributed by atoms with E-state index in [0.717, 1.165) is 12.8 Å². The lowest BCUT2D eigenvalue weighted by atomic mass is 9.78. The molecule has 0 unspecified atom stereocenters. The van der Waals surface area contributed by atoms with Crippen LogP contribution in [0.2, 0.25) is 0 Å². The highest BCUT2D eigenvalue weighted by atomic mass is 15.1. The van der Waals surface area contributed by atoms with Crippen LogP contribution >= 0.6 is 0 Å². The third kappa shape index (κ3) is 4.56. The van der Waals surface area contributed by atoms with Gasteiger partial charge < -0.3 is 4.90 Å². The van der Waals surface area contributed by atoms with Gasteiger partial charge in [0.25, 0.3) is 0 Å². The highest BCUT2D eigenvalue weighted by Gasteiger charge is 2.23. The molecule has 0 bridgehead atoms. The van der Waals surface area contributed by atoms with Gasteiger partial charge in [0.2, 0.25) is 0 Å². The molecule has 1 heteroatoms. The number of para-hydroxylation sites is 1. The molecule has 29 heavy (non-hydrogen) atoms. The number of rotatable bonds is 6. The molecule has 0 atom stereocenters. The van der Waals surface area contributed by atoms with Crippen molar-refractivity contribution in [1.82, 2.24) is 0 Å². The lowest BCUT2D eigenvalue weighted by Gasteiger charge is -2.30. The highest BCUT2D eigenvalue weighted by Crippen LogP contribution is 2.38. The largest absolute Gasteiger partial charge is 0.311 e. The molecular weight excluding hydrogens is 350 g/mol. The van der Waals surface area contributed by atoms with Crippen molar-refractivity contribution in [3.8, 4) is 0 Å². The molecule has 0 N–H and O–H groups in total. The van der Waals surface area contributed by atoms with Gasteiger partial charge in [-0.05, 0) is 71.2 Å². The first-order valence-corrected chi connectivity index (χ1v) is 10.8. The highest BCUT2D eigenvalue weighted by molar-refractivity contribution is 5.76. The molecule has 0 heterocycles. The van der Waals surface area contributed by atoms with Crippen LogP contribution in [0.15, 0.2) is 78.9 Å². The predicted octanol–water partition coefficient (Wildman–Crippen LogP) is 8.53. The van der Waals surface area contributed by atoms with Crippen molar-refractivity contribution < 1.29 is 0 Å². The molecule has 0 aromatic heterocycles. The Morgan fingerprint density at radius 1 is 0.552 bits per heavy atom. The summed E-state index contributed by atoms with van der Waals surface area (Å²) in [5.41, 5.74) is 6.72. The molecule has 0 spiro atoms. The second kappa shape index (κ2) is 8.45. The molecule has 152 valence electrons. The van der Waals surface area contributed by atoms with E-state index < -0.39 is 0 Å².